The number of pyridine rings is 1. The molecule has 1 heterocycles. The summed E-state index contributed by atoms with van der Waals surface area (Å²) in [5.74, 6) is -0.520. The maximum Gasteiger partial charge on any atom is 0.240 e. The average molecular weight is 352 g/mol. The Morgan fingerprint density at radius 3 is 2.32 bits per heavy atom. The van der Waals surface area contributed by atoms with E-state index in [9.17, 15) is 18.3 Å². The van der Waals surface area contributed by atoms with Crippen molar-refractivity contribution in [3.63, 3.8) is 0 Å². The number of sulfonamides is 1. The van der Waals surface area contributed by atoms with Crippen molar-refractivity contribution in [2.24, 2.45) is 5.14 Å². The topological polar surface area (TPSA) is 110 Å². The van der Waals surface area contributed by atoms with Crippen molar-refractivity contribution in [1.29, 1.82) is 0 Å². The second-order valence-electron chi connectivity index (χ2n) is 5.67. The summed E-state index contributed by atoms with van der Waals surface area (Å²) in [5, 5.41) is 16.3. The van der Waals surface area contributed by atoms with Crippen molar-refractivity contribution < 1.29 is 18.3 Å². The number of rotatable bonds is 2. The number of fused-ring (bicyclic) bond motifs is 2. The molecule has 1 aliphatic carbocycles. The zero-order chi connectivity index (χ0) is 17.8. The maximum atomic E-state index is 12.6. The van der Waals surface area contributed by atoms with Crippen LogP contribution in [0.3, 0.4) is 0 Å². The number of nitrogens with two attached hydrogens (primary N) is 1. The van der Waals surface area contributed by atoms with Gasteiger partial charge in [0, 0.05) is 16.5 Å². The molecule has 124 valence electrons. The molecular formula is C18H12N2O4S. The third-order valence-electron chi connectivity index (χ3n) is 4.14. The molecule has 0 spiro atoms. The van der Waals surface area contributed by atoms with Crippen LogP contribution in [0.25, 0.3) is 22.2 Å². The van der Waals surface area contributed by atoms with Gasteiger partial charge in [-0.3, -0.25) is 4.79 Å². The highest BCUT2D eigenvalue weighted by Crippen LogP contribution is 2.36. The lowest BCUT2D eigenvalue weighted by Crippen LogP contribution is -2.13. The van der Waals surface area contributed by atoms with Gasteiger partial charge in [0.2, 0.25) is 10.0 Å². The number of carbonyl (C=O) groups excluding carboxylic acids is 1. The first-order chi connectivity index (χ1) is 11.9. The second-order valence-corrected chi connectivity index (χ2v) is 7.20. The van der Waals surface area contributed by atoms with E-state index in [0.29, 0.717) is 16.5 Å². The van der Waals surface area contributed by atoms with Gasteiger partial charge in [-0.15, -0.1) is 0 Å². The van der Waals surface area contributed by atoms with Crippen LogP contribution in [-0.2, 0) is 10.0 Å². The van der Waals surface area contributed by atoms with E-state index in [1.54, 1.807) is 48.5 Å². The van der Waals surface area contributed by atoms with E-state index in [0.717, 1.165) is 0 Å². The predicted molar refractivity (Wildman–Crippen MR) is 93.3 cm³/mol. The number of ketones is 1. The number of nitrogens with zero attached hydrogens (tertiary/aromatic N) is 1. The van der Waals surface area contributed by atoms with Crippen LogP contribution in [0.5, 0.6) is 0 Å². The Morgan fingerprint density at radius 1 is 0.920 bits per heavy atom. The Labute approximate surface area is 143 Å². The standard InChI is InChI=1S/C18H12N2O4S/c19-25(23,24)14-7-3-4-10-8-9-13(20-16(10)14)15-17(21)11-5-1-2-6-12(11)18(15)22/h1-9,21H,(H2,19,23,24). The highest BCUT2D eigenvalue weighted by atomic mass is 32.2. The van der Waals surface area contributed by atoms with Crippen LogP contribution < -0.4 is 5.14 Å². The number of allylic oxidation sites excluding steroid dienone is 1. The minimum absolute atomic E-state index is 0.0484. The molecule has 7 heteroatoms. The first kappa shape index (κ1) is 15.5. The summed E-state index contributed by atoms with van der Waals surface area (Å²) < 4.78 is 23.6. The molecule has 0 atom stereocenters. The van der Waals surface area contributed by atoms with E-state index in [1.165, 1.54) is 6.07 Å². The van der Waals surface area contributed by atoms with Gasteiger partial charge in [0.1, 0.15) is 10.7 Å². The molecule has 25 heavy (non-hydrogen) atoms. The second kappa shape index (κ2) is 5.23. The fourth-order valence-electron chi connectivity index (χ4n) is 2.99. The number of benzene rings is 2. The van der Waals surface area contributed by atoms with Crippen LogP contribution in [0.1, 0.15) is 21.6 Å². The molecule has 0 saturated heterocycles. The molecule has 6 nitrogen and oxygen atoms in total. The first-order valence-electron chi connectivity index (χ1n) is 7.38. The molecule has 0 unspecified atom stereocenters. The van der Waals surface area contributed by atoms with Crippen molar-refractivity contribution in [1.82, 2.24) is 4.98 Å². The van der Waals surface area contributed by atoms with Crippen molar-refractivity contribution in [3.8, 4) is 0 Å². The Bertz CT molecular complexity index is 1200. The Kier molecular flexibility index (Phi) is 3.24. The number of aromatic nitrogens is 1. The van der Waals surface area contributed by atoms with Gasteiger partial charge in [-0.2, -0.15) is 0 Å². The van der Waals surface area contributed by atoms with Crippen LogP contribution in [0.15, 0.2) is 59.5 Å². The number of aliphatic hydroxyl groups is 1. The van der Waals surface area contributed by atoms with Gasteiger partial charge in [0.05, 0.1) is 16.8 Å². The van der Waals surface area contributed by atoms with E-state index in [2.05, 4.69) is 4.98 Å². The Hall–Kier alpha value is -3.03. The van der Waals surface area contributed by atoms with Crippen molar-refractivity contribution in [2.75, 3.05) is 0 Å². The molecule has 0 aliphatic heterocycles. The quantitative estimate of drug-likeness (QED) is 0.736. The minimum atomic E-state index is -3.98. The lowest BCUT2D eigenvalue weighted by molar-refractivity contribution is 0.105. The zero-order valence-corrected chi connectivity index (χ0v) is 13.6. The Morgan fingerprint density at radius 2 is 1.64 bits per heavy atom. The maximum absolute atomic E-state index is 12.6. The van der Waals surface area contributed by atoms with E-state index in [1.807, 2.05) is 0 Å². The fourth-order valence-corrected chi connectivity index (χ4v) is 3.69. The number of hydrogen-bond acceptors (Lipinski definition) is 5. The summed E-state index contributed by atoms with van der Waals surface area (Å²) in [6.45, 7) is 0. The van der Waals surface area contributed by atoms with Crippen LogP contribution in [0.4, 0.5) is 0 Å². The summed E-state index contributed by atoms with van der Waals surface area (Å²) >= 11 is 0. The van der Waals surface area contributed by atoms with Gasteiger partial charge in [0.15, 0.2) is 5.78 Å². The molecule has 2 aromatic carbocycles. The highest BCUT2D eigenvalue weighted by Gasteiger charge is 2.31. The predicted octanol–water partition coefficient (Wildman–Crippen LogP) is 2.50. The SMILES string of the molecule is NS(=O)(=O)c1cccc2ccc(C3=C(O)c4ccccc4C3=O)nc12. The van der Waals surface area contributed by atoms with E-state index in [-0.39, 0.29) is 33.2 Å². The summed E-state index contributed by atoms with van der Waals surface area (Å²) in [6, 6.07) is 14.5. The van der Waals surface area contributed by atoms with Crippen molar-refractivity contribution >= 4 is 38.0 Å². The largest absolute Gasteiger partial charge is 0.506 e. The molecule has 1 aromatic heterocycles. The fraction of sp³-hybridized carbons (Fsp3) is 0. The summed E-state index contributed by atoms with van der Waals surface area (Å²) in [5.41, 5.74) is 1.22. The van der Waals surface area contributed by atoms with Crippen LogP contribution >= 0.6 is 0 Å². The minimum Gasteiger partial charge on any atom is -0.506 e. The first-order valence-corrected chi connectivity index (χ1v) is 8.93. The third kappa shape index (κ3) is 2.33. The van der Waals surface area contributed by atoms with Gasteiger partial charge in [-0.1, -0.05) is 42.5 Å². The van der Waals surface area contributed by atoms with E-state index < -0.39 is 10.0 Å². The molecule has 0 radical (unpaired) electrons. The summed E-state index contributed by atoms with van der Waals surface area (Å²) in [7, 11) is -3.98. The molecule has 3 aromatic rings. The van der Waals surface area contributed by atoms with E-state index in [4.69, 9.17) is 5.14 Å². The van der Waals surface area contributed by atoms with Gasteiger partial charge in [-0.25, -0.2) is 18.5 Å². The number of Topliss-reactive ketones (excluding diaryl/α,β-unsaturated/α-hetero) is 1. The lowest BCUT2D eigenvalue weighted by Gasteiger charge is -2.07. The molecular weight excluding hydrogens is 340 g/mol. The van der Waals surface area contributed by atoms with Crippen LogP contribution in [0, 0.1) is 0 Å². The van der Waals surface area contributed by atoms with Gasteiger partial charge in [-0.05, 0) is 12.1 Å². The normalized spacial score (nSPS) is 14.2. The van der Waals surface area contributed by atoms with Gasteiger partial charge in [0.25, 0.3) is 0 Å². The molecule has 0 fully saturated rings. The Balaban J connectivity index is 1.98. The van der Waals surface area contributed by atoms with Crippen LogP contribution in [0.2, 0.25) is 0 Å². The summed E-state index contributed by atoms with van der Waals surface area (Å²) in [4.78, 5) is 16.8. The number of para-hydroxylation sites is 1. The lowest BCUT2D eigenvalue weighted by atomic mass is 10.1. The zero-order valence-electron chi connectivity index (χ0n) is 12.8. The number of primary sulfonamides is 1. The summed E-state index contributed by atoms with van der Waals surface area (Å²) in [6.07, 6.45) is 0. The molecule has 4 rings (SSSR count). The van der Waals surface area contributed by atoms with Gasteiger partial charge >= 0.3 is 0 Å². The third-order valence-corrected chi connectivity index (χ3v) is 5.08. The highest BCUT2D eigenvalue weighted by molar-refractivity contribution is 7.89. The smallest absolute Gasteiger partial charge is 0.240 e. The average Bonchev–Trinajstić information content (AvgIpc) is 2.84. The number of aliphatic hydroxyl groups excluding tert-OH is 1. The van der Waals surface area contributed by atoms with Crippen molar-refractivity contribution in [2.45, 2.75) is 4.90 Å². The number of hydrogen-bond donors (Lipinski definition) is 2. The van der Waals surface area contributed by atoms with Gasteiger partial charge < -0.3 is 5.11 Å². The molecule has 0 saturated carbocycles. The monoisotopic (exact) mass is 352 g/mol. The molecule has 1 aliphatic rings. The van der Waals surface area contributed by atoms with E-state index >= 15 is 0 Å². The molecule has 3 N–H and O–H groups in total. The number of carbonyl (C=O) groups is 1. The molecule has 0 amide bonds. The van der Waals surface area contributed by atoms with Crippen LogP contribution in [-0.4, -0.2) is 24.3 Å². The van der Waals surface area contributed by atoms with Crippen molar-refractivity contribution in [3.05, 3.63) is 71.4 Å². The molecule has 0 bridgehead atoms.